The predicted molar refractivity (Wildman–Crippen MR) is 73.1 cm³/mol. The third-order valence-electron chi connectivity index (χ3n) is 2.86. The quantitative estimate of drug-likeness (QED) is 0.806. The molecule has 1 aromatic carbocycles. The third kappa shape index (κ3) is 2.76. The maximum atomic E-state index is 11.1. The molecule has 19 heavy (non-hydrogen) atoms. The van der Waals surface area contributed by atoms with Crippen molar-refractivity contribution in [3.8, 4) is 5.75 Å². The van der Waals surface area contributed by atoms with Crippen LogP contribution in [0.3, 0.4) is 0 Å². The first kappa shape index (κ1) is 13.1. The van der Waals surface area contributed by atoms with Gasteiger partial charge in [0.2, 0.25) is 0 Å². The van der Waals surface area contributed by atoms with E-state index in [9.17, 15) is 4.79 Å². The molecule has 5 nitrogen and oxygen atoms in total. The van der Waals surface area contributed by atoms with Crippen molar-refractivity contribution >= 4 is 22.6 Å². The Kier molecular flexibility index (Phi) is 3.85. The smallest absolute Gasteiger partial charge is 0.344 e. The standard InChI is InChI=1S/C14H16N2O3/c1-2-4-12(14(17)18)19-11-7-6-10(15)13-9(11)5-3-8-16-13/h3,5-8,12H,2,4,15H2,1H3,(H,17,18). The number of rotatable bonds is 5. The Balaban J connectivity index is 2.40. The zero-order valence-corrected chi connectivity index (χ0v) is 10.7. The van der Waals surface area contributed by atoms with Crippen molar-refractivity contribution < 1.29 is 14.6 Å². The molecule has 2 rings (SSSR count). The second kappa shape index (κ2) is 5.56. The molecule has 5 heteroatoms. The maximum Gasteiger partial charge on any atom is 0.344 e. The zero-order valence-electron chi connectivity index (χ0n) is 10.7. The average Bonchev–Trinajstić information content (AvgIpc) is 2.41. The molecule has 1 atom stereocenters. The number of hydrogen-bond donors (Lipinski definition) is 2. The lowest BCUT2D eigenvalue weighted by molar-refractivity contribution is -0.145. The molecule has 3 N–H and O–H groups in total. The van der Waals surface area contributed by atoms with Gasteiger partial charge in [0.1, 0.15) is 5.75 Å². The van der Waals surface area contributed by atoms with E-state index < -0.39 is 12.1 Å². The van der Waals surface area contributed by atoms with Crippen molar-refractivity contribution in [1.82, 2.24) is 4.98 Å². The van der Waals surface area contributed by atoms with Crippen molar-refractivity contribution in [2.75, 3.05) is 5.73 Å². The number of nitrogen functional groups attached to an aromatic ring is 1. The fraction of sp³-hybridized carbons (Fsp3) is 0.286. The van der Waals surface area contributed by atoms with Crippen LogP contribution in [-0.4, -0.2) is 22.2 Å². The van der Waals surface area contributed by atoms with Gasteiger partial charge in [-0.2, -0.15) is 0 Å². The summed E-state index contributed by atoms with van der Waals surface area (Å²) < 4.78 is 5.59. The van der Waals surface area contributed by atoms with Crippen molar-refractivity contribution in [1.29, 1.82) is 0 Å². The second-order valence-corrected chi connectivity index (χ2v) is 4.29. The summed E-state index contributed by atoms with van der Waals surface area (Å²) in [6.07, 6.45) is 1.99. The molecule has 0 amide bonds. The highest BCUT2D eigenvalue weighted by Crippen LogP contribution is 2.29. The molecular weight excluding hydrogens is 244 g/mol. The van der Waals surface area contributed by atoms with Crippen LogP contribution >= 0.6 is 0 Å². The Bertz CT molecular complexity index is 598. The lowest BCUT2D eigenvalue weighted by atomic mass is 10.1. The van der Waals surface area contributed by atoms with E-state index in [0.29, 0.717) is 23.4 Å². The first-order chi connectivity index (χ1) is 9.13. The normalized spacial score (nSPS) is 12.3. The van der Waals surface area contributed by atoms with Crippen LogP contribution in [0.5, 0.6) is 5.75 Å². The van der Waals surface area contributed by atoms with Crippen LogP contribution in [0.4, 0.5) is 5.69 Å². The Hall–Kier alpha value is -2.30. The van der Waals surface area contributed by atoms with Gasteiger partial charge in [-0.3, -0.25) is 4.98 Å². The highest BCUT2D eigenvalue weighted by molar-refractivity contribution is 5.94. The lowest BCUT2D eigenvalue weighted by Crippen LogP contribution is -2.26. The number of nitrogens with two attached hydrogens (primary N) is 1. The topological polar surface area (TPSA) is 85.4 Å². The molecule has 1 unspecified atom stereocenters. The van der Waals surface area contributed by atoms with Crippen molar-refractivity contribution in [3.05, 3.63) is 30.5 Å². The molecule has 0 aliphatic carbocycles. The summed E-state index contributed by atoms with van der Waals surface area (Å²) in [4.78, 5) is 15.3. The summed E-state index contributed by atoms with van der Waals surface area (Å²) in [5, 5.41) is 9.85. The minimum Gasteiger partial charge on any atom is -0.479 e. The van der Waals surface area contributed by atoms with Crippen LogP contribution in [0.1, 0.15) is 19.8 Å². The van der Waals surface area contributed by atoms with Crippen LogP contribution < -0.4 is 10.5 Å². The molecule has 0 fully saturated rings. The average molecular weight is 260 g/mol. The maximum absolute atomic E-state index is 11.1. The van der Waals surface area contributed by atoms with E-state index in [-0.39, 0.29) is 0 Å². The van der Waals surface area contributed by atoms with E-state index >= 15 is 0 Å². The Morgan fingerprint density at radius 3 is 2.95 bits per heavy atom. The molecule has 0 saturated heterocycles. The van der Waals surface area contributed by atoms with Gasteiger partial charge < -0.3 is 15.6 Å². The molecule has 1 heterocycles. The molecule has 2 aromatic rings. The fourth-order valence-corrected chi connectivity index (χ4v) is 1.92. The number of pyridine rings is 1. The highest BCUT2D eigenvalue weighted by Gasteiger charge is 2.19. The van der Waals surface area contributed by atoms with Gasteiger partial charge in [0.25, 0.3) is 0 Å². The molecule has 1 aromatic heterocycles. The number of hydrogen-bond acceptors (Lipinski definition) is 4. The summed E-state index contributed by atoms with van der Waals surface area (Å²) in [6, 6.07) is 6.95. The van der Waals surface area contributed by atoms with Crippen LogP contribution in [0.2, 0.25) is 0 Å². The van der Waals surface area contributed by atoms with Gasteiger partial charge in [-0.05, 0) is 30.7 Å². The van der Waals surface area contributed by atoms with Crippen LogP contribution in [0.25, 0.3) is 10.9 Å². The summed E-state index contributed by atoms with van der Waals surface area (Å²) in [6.45, 7) is 1.92. The second-order valence-electron chi connectivity index (χ2n) is 4.29. The number of benzene rings is 1. The lowest BCUT2D eigenvalue weighted by Gasteiger charge is -2.16. The molecule has 0 spiro atoms. The van der Waals surface area contributed by atoms with Crippen LogP contribution in [0, 0.1) is 0 Å². The molecule has 0 bridgehead atoms. The van der Waals surface area contributed by atoms with Gasteiger partial charge in [0.15, 0.2) is 6.10 Å². The molecule has 0 aliphatic rings. The molecule has 0 radical (unpaired) electrons. The number of carboxylic acids is 1. The molecule has 0 saturated carbocycles. The number of anilines is 1. The number of nitrogens with zero attached hydrogens (tertiary/aromatic N) is 1. The van der Waals surface area contributed by atoms with E-state index in [1.807, 2.05) is 13.0 Å². The third-order valence-corrected chi connectivity index (χ3v) is 2.86. The number of fused-ring (bicyclic) bond motifs is 1. The predicted octanol–water partition coefficient (Wildman–Crippen LogP) is 2.45. The van der Waals surface area contributed by atoms with E-state index in [1.54, 1.807) is 24.4 Å². The van der Waals surface area contributed by atoms with Gasteiger partial charge in [-0.25, -0.2) is 4.79 Å². The van der Waals surface area contributed by atoms with Gasteiger partial charge in [-0.1, -0.05) is 13.3 Å². The SMILES string of the molecule is CCCC(Oc1ccc(N)c2ncccc12)C(=O)O. The summed E-state index contributed by atoms with van der Waals surface area (Å²) in [5.74, 6) is -0.464. The Labute approximate surface area is 111 Å². The summed E-state index contributed by atoms with van der Waals surface area (Å²) >= 11 is 0. The first-order valence-electron chi connectivity index (χ1n) is 6.16. The Morgan fingerprint density at radius 1 is 1.47 bits per heavy atom. The minimum atomic E-state index is -0.962. The number of carboxylic acid groups (broad SMARTS) is 1. The van der Waals surface area contributed by atoms with Crippen molar-refractivity contribution in [2.45, 2.75) is 25.9 Å². The van der Waals surface area contributed by atoms with Crippen LogP contribution in [0.15, 0.2) is 30.5 Å². The zero-order chi connectivity index (χ0) is 13.8. The summed E-state index contributed by atoms with van der Waals surface area (Å²) in [5.41, 5.74) is 7.01. The van der Waals surface area contributed by atoms with E-state index in [1.165, 1.54) is 0 Å². The van der Waals surface area contributed by atoms with Crippen molar-refractivity contribution in [2.24, 2.45) is 0 Å². The highest BCUT2D eigenvalue weighted by atomic mass is 16.5. The van der Waals surface area contributed by atoms with E-state index in [2.05, 4.69) is 4.98 Å². The van der Waals surface area contributed by atoms with Gasteiger partial charge in [0.05, 0.1) is 11.2 Å². The fourth-order valence-electron chi connectivity index (χ4n) is 1.92. The number of ether oxygens (including phenoxy) is 1. The monoisotopic (exact) mass is 260 g/mol. The largest absolute Gasteiger partial charge is 0.479 e. The van der Waals surface area contributed by atoms with E-state index in [4.69, 9.17) is 15.6 Å². The van der Waals surface area contributed by atoms with Crippen molar-refractivity contribution in [3.63, 3.8) is 0 Å². The molecule has 0 aliphatic heterocycles. The molecule has 100 valence electrons. The number of aromatic nitrogens is 1. The molecular formula is C14H16N2O3. The van der Waals surface area contributed by atoms with Gasteiger partial charge in [0, 0.05) is 11.6 Å². The van der Waals surface area contributed by atoms with Gasteiger partial charge in [-0.15, -0.1) is 0 Å². The number of aliphatic carboxylic acids is 1. The summed E-state index contributed by atoms with van der Waals surface area (Å²) in [7, 11) is 0. The van der Waals surface area contributed by atoms with Crippen LogP contribution in [-0.2, 0) is 4.79 Å². The first-order valence-corrected chi connectivity index (χ1v) is 6.16. The Morgan fingerprint density at radius 2 is 2.26 bits per heavy atom. The minimum absolute atomic E-state index is 0.460. The number of carbonyl (C=O) groups is 1. The van der Waals surface area contributed by atoms with Gasteiger partial charge >= 0.3 is 5.97 Å². The van der Waals surface area contributed by atoms with E-state index in [0.717, 1.165) is 11.8 Å².